The van der Waals surface area contributed by atoms with Crippen molar-refractivity contribution in [3.63, 3.8) is 0 Å². The van der Waals surface area contributed by atoms with Crippen LogP contribution in [0.4, 0.5) is 10.1 Å². The Morgan fingerprint density at radius 1 is 1.42 bits per heavy atom. The van der Waals surface area contributed by atoms with Crippen LogP contribution in [0.2, 0.25) is 0 Å². The highest BCUT2D eigenvalue weighted by Crippen LogP contribution is 2.55. The van der Waals surface area contributed by atoms with E-state index >= 15 is 0 Å². The molecule has 0 radical (unpaired) electrons. The number of ether oxygens (including phenoxy) is 1. The van der Waals surface area contributed by atoms with Crippen LogP contribution in [-0.4, -0.2) is 31.6 Å². The summed E-state index contributed by atoms with van der Waals surface area (Å²) in [5, 5.41) is 2.39. The molecule has 3 atom stereocenters. The van der Waals surface area contributed by atoms with Gasteiger partial charge in [0, 0.05) is 16.9 Å². The lowest BCUT2D eigenvalue weighted by Crippen LogP contribution is -2.66. The fourth-order valence-corrected chi connectivity index (χ4v) is 6.95. The second-order valence-corrected chi connectivity index (χ2v) is 9.75. The molecule has 3 aliphatic rings. The van der Waals surface area contributed by atoms with Gasteiger partial charge >= 0.3 is 0 Å². The molecule has 1 aromatic rings. The first-order valence-electron chi connectivity index (χ1n) is 8.08. The van der Waals surface area contributed by atoms with E-state index in [1.807, 2.05) is 0 Å². The molecule has 0 unspecified atom stereocenters. The minimum absolute atomic E-state index is 0.0408. The average molecular weight is 352 g/mol. The predicted octanol–water partition coefficient (Wildman–Crippen LogP) is 1.70. The van der Waals surface area contributed by atoms with Crippen molar-refractivity contribution >= 4 is 15.5 Å². The number of anilines is 1. The van der Waals surface area contributed by atoms with E-state index in [1.165, 1.54) is 18.2 Å². The first-order valence-corrected chi connectivity index (χ1v) is 9.62. The van der Waals surface area contributed by atoms with Crippen molar-refractivity contribution in [2.24, 2.45) is 5.92 Å². The maximum absolute atomic E-state index is 14.6. The van der Waals surface area contributed by atoms with Gasteiger partial charge in [0.2, 0.25) is 0 Å². The van der Waals surface area contributed by atoms with E-state index in [2.05, 4.69) is 11.9 Å². The summed E-state index contributed by atoms with van der Waals surface area (Å²) in [6.45, 7) is 5.84. The molecule has 1 aromatic carbocycles. The number of nitrogens with two attached hydrogens (primary N) is 1. The zero-order valence-electron chi connectivity index (χ0n) is 13.5. The van der Waals surface area contributed by atoms with Gasteiger partial charge in [-0.25, -0.2) is 12.8 Å². The number of hydrogen-bond acceptors (Lipinski definition) is 5. The van der Waals surface area contributed by atoms with Gasteiger partial charge in [-0.3, -0.25) is 0 Å². The first kappa shape index (κ1) is 15.9. The summed E-state index contributed by atoms with van der Waals surface area (Å²) in [5.74, 6) is -0.433. The molecule has 5 nitrogen and oxygen atoms in total. The molecule has 2 heterocycles. The summed E-state index contributed by atoms with van der Waals surface area (Å²) in [6, 6.07) is 4.22. The normalized spacial score (nSPS) is 37.8. The highest BCUT2D eigenvalue weighted by molar-refractivity contribution is 7.93. The van der Waals surface area contributed by atoms with E-state index in [-0.39, 0.29) is 24.7 Å². The van der Waals surface area contributed by atoms with Crippen LogP contribution in [0.15, 0.2) is 30.5 Å². The van der Waals surface area contributed by atoms with Crippen molar-refractivity contribution in [2.45, 2.75) is 35.3 Å². The van der Waals surface area contributed by atoms with E-state index in [1.54, 1.807) is 6.92 Å². The van der Waals surface area contributed by atoms with Crippen LogP contribution in [0.3, 0.4) is 0 Å². The van der Waals surface area contributed by atoms with Gasteiger partial charge in [0.1, 0.15) is 21.4 Å². The van der Waals surface area contributed by atoms with Gasteiger partial charge in [-0.1, -0.05) is 6.58 Å². The van der Waals surface area contributed by atoms with Gasteiger partial charge in [-0.15, -0.1) is 0 Å². The van der Waals surface area contributed by atoms with E-state index in [0.717, 1.165) is 12.8 Å². The summed E-state index contributed by atoms with van der Waals surface area (Å²) in [5.41, 5.74) is 5.68. The molecule has 7 heteroatoms. The highest BCUT2D eigenvalue weighted by Gasteiger charge is 2.67. The van der Waals surface area contributed by atoms with Gasteiger partial charge in [-0.05, 0) is 43.9 Å². The summed E-state index contributed by atoms with van der Waals surface area (Å²) < 4.78 is 45.9. The molecule has 2 saturated heterocycles. The zero-order valence-corrected chi connectivity index (χ0v) is 14.3. The molecule has 24 heavy (non-hydrogen) atoms. The molecule has 3 fully saturated rings. The van der Waals surface area contributed by atoms with Crippen molar-refractivity contribution in [3.05, 3.63) is 41.9 Å². The fourth-order valence-electron chi connectivity index (χ4n) is 4.21. The molecular formula is C17H21FN2O3S. The standard InChI is InChI=1S/C17H21FN2O3S/c1-10-16(2,11-3-4-11)24(21,22)15-8-23-9-17(15,20-10)13-7-12(19)5-6-14(13)18/h5-7,11,15,20H,1,3-4,8-9,19H2,2H3/t15-,16+,17-/m1/s1. The van der Waals surface area contributed by atoms with Crippen LogP contribution < -0.4 is 11.1 Å². The second-order valence-electron chi connectivity index (χ2n) is 7.24. The Kier molecular flexibility index (Phi) is 3.13. The minimum atomic E-state index is -3.62. The summed E-state index contributed by atoms with van der Waals surface area (Å²) in [7, 11) is -3.62. The number of hydrogen-bond donors (Lipinski definition) is 2. The molecule has 1 saturated carbocycles. The van der Waals surface area contributed by atoms with E-state index in [9.17, 15) is 12.8 Å². The van der Waals surface area contributed by atoms with Gasteiger partial charge in [0.15, 0.2) is 9.84 Å². The molecule has 0 amide bonds. The number of rotatable bonds is 2. The number of fused-ring (bicyclic) bond motifs is 1. The lowest BCUT2D eigenvalue weighted by atomic mass is 9.85. The maximum Gasteiger partial charge on any atom is 0.169 e. The van der Waals surface area contributed by atoms with Gasteiger partial charge in [0.05, 0.1) is 13.2 Å². The molecular weight excluding hydrogens is 331 g/mol. The lowest BCUT2D eigenvalue weighted by Gasteiger charge is -2.49. The summed E-state index contributed by atoms with van der Waals surface area (Å²) in [4.78, 5) is 0. The Morgan fingerprint density at radius 3 is 2.79 bits per heavy atom. The van der Waals surface area contributed by atoms with Gasteiger partial charge in [-0.2, -0.15) is 0 Å². The lowest BCUT2D eigenvalue weighted by molar-refractivity contribution is 0.167. The van der Waals surface area contributed by atoms with E-state index in [0.29, 0.717) is 11.4 Å². The molecule has 0 bridgehead atoms. The quantitative estimate of drug-likeness (QED) is 0.792. The van der Waals surface area contributed by atoms with Crippen molar-refractivity contribution in [3.8, 4) is 0 Å². The van der Waals surface area contributed by atoms with E-state index in [4.69, 9.17) is 10.5 Å². The minimum Gasteiger partial charge on any atom is -0.399 e. The third kappa shape index (κ3) is 1.80. The van der Waals surface area contributed by atoms with Gasteiger partial charge < -0.3 is 15.8 Å². The molecule has 3 N–H and O–H groups in total. The average Bonchev–Trinajstić information content (AvgIpc) is 3.28. The van der Waals surface area contributed by atoms with Crippen LogP contribution in [0.1, 0.15) is 25.3 Å². The Labute approximate surface area is 141 Å². The monoisotopic (exact) mass is 352 g/mol. The molecule has 130 valence electrons. The summed E-state index contributed by atoms with van der Waals surface area (Å²) >= 11 is 0. The molecule has 0 spiro atoms. The number of sulfone groups is 1. The Morgan fingerprint density at radius 2 is 2.12 bits per heavy atom. The van der Waals surface area contributed by atoms with Crippen LogP contribution in [0.5, 0.6) is 0 Å². The second kappa shape index (κ2) is 4.73. The first-order chi connectivity index (χ1) is 11.2. The number of benzene rings is 1. The van der Waals surface area contributed by atoms with E-state index < -0.39 is 31.2 Å². The number of halogens is 1. The fraction of sp³-hybridized carbons (Fsp3) is 0.529. The zero-order chi connectivity index (χ0) is 17.3. The molecule has 1 aliphatic carbocycles. The Balaban J connectivity index is 1.91. The smallest absolute Gasteiger partial charge is 0.169 e. The largest absolute Gasteiger partial charge is 0.399 e. The third-order valence-electron chi connectivity index (χ3n) is 5.91. The van der Waals surface area contributed by atoms with Crippen LogP contribution in [0.25, 0.3) is 0 Å². The number of nitrogens with one attached hydrogen (secondary N) is 1. The highest BCUT2D eigenvalue weighted by atomic mass is 32.2. The molecule has 2 aliphatic heterocycles. The Bertz CT molecular complexity index is 836. The maximum atomic E-state index is 14.6. The SMILES string of the molecule is C=C1N[C@@]2(c3cc(N)ccc3F)COC[C@H]2S(=O)(=O)[C@]1(C)C1CC1. The van der Waals surface area contributed by atoms with Crippen molar-refractivity contribution in [1.29, 1.82) is 0 Å². The van der Waals surface area contributed by atoms with Gasteiger partial charge in [0.25, 0.3) is 0 Å². The van der Waals surface area contributed by atoms with Crippen molar-refractivity contribution in [2.75, 3.05) is 18.9 Å². The van der Waals surface area contributed by atoms with Crippen LogP contribution in [0, 0.1) is 11.7 Å². The van der Waals surface area contributed by atoms with Crippen molar-refractivity contribution < 1.29 is 17.5 Å². The number of nitrogen functional groups attached to an aromatic ring is 1. The topological polar surface area (TPSA) is 81.4 Å². The summed E-state index contributed by atoms with van der Waals surface area (Å²) in [6.07, 6.45) is 1.73. The van der Waals surface area contributed by atoms with Crippen LogP contribution in [-0.2, 0) is 20.1 Å². The van der Waals surface area contributed by atoms with Crippen molar-refractivity contribution in [1.82, 2.24) is 5.32 Å². The third-order valence-corrected chi connectivity index (χ3v) is 8.96. The van der Waals surface area contributed by atoms with Crippen LogP contribution >= 0.6 is 0 Å². The Hall–Kier alpha value is -1.60. The molecule has 0 aromatic heterocycles. The predicted molar refractivity (Wildman–Crippen MR) is 89.4 cm³/mol. The molecule has 4 rings (SSSR count).